The van der Waals surface area contributed by atoms with Gasteiger partial charge in [-0.05, 0) is 31.4 Å². The van der Waals surface area contributed by atoms with Crippen LogP contribution in [0.2, 0.25) is 0 Å². The monoisotopic (exact) mass is 444 g/mol. The molecule has 0 heterocycles. The summed E-state index contributed by atoms with van der Waals surface area (Å²) >= 11 is 0. The highest BCUT2D eigenvalue weighted by Crippen LogP contribution is 2.41. The largest absolute Gasteiger partial charge is 0.508 e. The fourth-order valence-electron chi connectivity index (χ4n) is 3.43. The average molecular weight is 445 g/mol. The molecule has 0 aromatic heterocycles. The Hall–Kier alpha value is -3.22. The minimum Gasteiger partial charge on any atom is -0.508 e. The van der Waals surface area contributed by atoms with Crippen molar-refractivity contribution in [3.05, 3.63) is 41.0 Å². The second-order valence-corrected chi connectivity index (χ2v) is 7.58. The predicted molar refractivity (Wildman–Crippen MR) is 121 cm³/mol. The van der Waals surface area contributed by atoms with E-state index in [1.807, 2.05) is 6.92 Å². The van der Waals surface area contributed by atoms with Gasteiger partial charge in [-0.2, -0.15) is 0 Å². The van der Waals surface area contributed by atoms with E-state index in [2.05, 4.69) is 6.92 Å². The Balaban J connectivity index is 2.62. The van der Waals surface area contributed by atoms with Gasteiger partial charge in [-0.15, -0.1) is 0 Å². The first-order chi connectivity index (χ1) is 15.4. The molecule has 0 unspecified atom stereocenters. The lowest BCUT2D eigenvalue weighted by Crippen LogP contribution is -2.13. The zero-order chi connectivity index (χ0) is 23.7. The quantitative estimate of drug-likeness (QED) is 0.243. The molecule has 7 nitrogen and oxygen atoms in total. The van der Waals surface area contributed by atoms with Crippen molar-refractivity contribution in [2.24, 2.45) is 0 Å². The molecule has 0 spiro atoms. The molecule has 0 bridgehead atoms. The molecule has 0 radical (unpaired) electrons. The van der Waals surface area contributed by atoms with Crippen molar-refractivity contribution in [1.29, 1.82) is 0 Å². The van der Waals surface area contributed by atoms with Crippen molar-refractivity contribution in [2.45, 2.75) is 58.8 Å². The molecule has 2 aromatic carbocycles. The van der Waals surface area contributed by atoms with Crippen LogP contribution in [0.4, 0.5) is 0 Å². The highest BCUT2D eigenvalue weighted by atomic mass is 16.5. The third-order valence-electron chi connectivity index (χ3n) is 5.15. The van der Waals surface area contributed by atoms with E-state index < -0.39 is 5.97 Å². The molecule has 0 aliphatic rings. The first kappa shape index (κ1) is 25.0. The summed E-state index contributed by atoms with van der Waals surface area (Å²) in [5.74, 6) is -0.830. The molecule has 174 valence electrons. The Morgan fingerprint density at radius 2 is 1.66 bits per heavy atom. The van der Waals surface area contributed by atoms with E-state index >= 15 is 0 Å². The van der Waals surface area contributed by atoms with Gasteiger partial charge in [0.1, 0.15) is 22.8 Å². The van der Waals surface area contributed by atoms with Gasteiger partial charge in [0.05, 0.1) is 14.2 Å². The van der Waals surface area contributed by atoms with E-state index in [-0.39, 0.29) is 46.3 Å². The number of methoxy groups -OCH3 is 2. The average Bonchev–Trinajstić information content (AvgIpc) is 2.78. The van der Waals surface area contributed by atoms with Gasteiger partial charge in [0.25, 0.3) is 0 Å². The van der Waals surface area contributed by atoms with E-state index in [4.69, 9.17) is 14.2 Å². The summed E-state index contributed by atoms with van der Waals surface area (Å²) in [4.78, 5) is 25.5. The van der Waals surface area contributed by atoms with Crippen molar-refractivity contribution in [3.8, 4) is 28.7 Å². The van der Waals surface area contributed by atoms with Gasteiger partial charge in [0.2, 0.25) is 0 Å². The van der Waals surface area contributed by atoms with Crippen LogP contribution in [0.15, 0.2) is 24.3 Å². The van der Waals surface area contributed by atoms with Crippen LogP contribution in [0.1, 0.15) is 78.7 Å². The van der Waals surface area contributed by atoms with E-state index in [1.165, 1.54) is 38.5 Å². The summed E-state index contributed by atoms with van der Waals surface area (Å²) in [6.07, 6.45) is 5.14. The maximum Gasteiger partial charge on any atom is 0.342 e. The van der Waals surface area contributed by atoms with E-state index in [9.17, 15) is 19.8 Å². The standard InChI is InChI=1S/C25H32O7/c1-5-7-9-10-16-12-17(26)13-21(28)24(16)32-22-15-18(30-3)14-19(20(27)11-8-6-2)23(22)25(29)31-4/h12-15,26,28H,5-11H2,1-4H3. The molecule has 0 atom stereocenters. The number of unbranched alkanes of at least 4 members (excludes halogenated alkanes) is 3. The molecule has 0 amide bonds. The van der Waals surface area contributed by atoms with Gasteiger partial charge in [-0.1, -0.05) is 33.1 Å². The molecule has 2 N–H and O–H groups in total. The summed E-state index contributed by atoms with van der Waals surface area (Å²) in [6.45, 7) is 4.05. The van der Waals surface area contributed by atoms with Crippen LogP contribution in [-0.2, 0) is 11.2 Å². The Kier molecular flexibility index (Phi) is 9.38. The minimum absolute atomic E-state index is 0.0265. The molecule has 0 aliphatic carbocycles. The fourth-order valence-corrected chi connectivity index (χ4v) is 3.43. The minimum atomic E-state index is -0.728. The van der Waals surface area contributed by atoms with E-state index in [0.717, 1.165) is 25.7 Å². The van der Waals surface area contributed by atoms with Crippen molar-refractivity contribution < 1.29 is 34.0 Å². The first-order valence-corrected chi connectivity index (χ1v) is 10.9. The van der Waals surface area contributed by atoms with Crippen LogP contribution in [0, 0.1) is 0 Å². The van der Waals surface area contributed by atoms with Crippen LogP contribution >= 0.6 is 0 Å². The number of phenolic OH excluding ortho intramolecular Hbond substituents is 2. The Morgan fingerprint density at radius 3 is 2.28 bits per heavy atom. The number of aryl methyl sites for hydroxylation is 1. The van der Waals surface area contributed by atoms with Crippen LogP contribution in [0.3, 0.4) is 0 Å². The zero-order valence-electron chi connectivity index (χ0n) is 19.2. The van der Waals surface area contributed by atoms with E-state index in [1.54, 1.807) is 0 Å². The number of hydrogen-bond acceptors (Lipinski definition) is 7. The molecule has 0 saturated carbocycles. The van der Waals surface area contributed by atoms with Crippen LogP contribution < -0.4 is 9.47 Å². The van der Waals surface area contributed by atoms with Gasteiger partial charge in [0, 0.05) is 29.7 Å². The van der Waals surface area contributed by atoms with Gasteiger partial charge in [0.15, 0.2) is 17.3 Å². The van der Waals surface area contributed by atoms with Crippen LogP contribution in [0.25, 0.3) is 0 Å². The maximum absolute atomic E-state index is 12.9. The van der Waals surface area contributed by atoms with Crippen molar-refractivity contribution in [2.75, 3.05) is 14.2 Å². The van der Waals surface area contributed by atoms with Gasteiger partial charge >= 0.3 is 5.97 Å². The van der Waals surface area contributed by atoms with Crippen molar-refractivity contribution in [1.82, 2.24) is 0 Å². The molecule has 2 aromatic rings. The van der Waals surface area contributed by atoms with Crippen molar-refractivity contribution in [3.63, 3.8) is 0 Å². The molecule has 2 rings (SSSR count). The number of benzene rings is 2. The number of esters is 1. The third kappa shape index (κ3) is 6.15. The molecule has 0 fully saturated rings. The molecule has 0 saturated heterocycles. The first-order valence-electron chi connectivity index (χ1n) is 10.9. The summed E-state index contributed by atoms with van der Waals surface area (Å²) in [5, 5.41) is 20.4. The van der Waals surface area contributed by atoms with Gasteiger partial charge < -0.3 is 24.4 Å². The number of carbonyl (C=O) groups is 2. The normalized spacial score (nSPS) is 10.6. The Morgan fingerprint density at radius 1 is 0.938 bits per heavy atom. The lowest BCUT2D eigenvalue weighted by Gasteiger charge is -2.18. The van der Waals surface area contributed by atoms with Crippen molar-refractivity contribution >= 4 is 11.8 Å². The topological polar surface area (TPSA) is 102 Å². The molecular formula is C25H32O7. The second kappa shape index (κ2) is 12.0. The zero-order valence-corrected chi connectivity index (χ0v) is 19.2. The third-order valence-corrected chi connectivity index (χ3v) is 5.15. The summed E-state index contributed by atoms with van der Waals surface area (Å²) < 4.78 is 16.3. The van der Waals surface area contributed by atoms with Gasteiger partial charge in [-0.3, -0.25) is 4.79 Å². The number of rotatable bonds is 12. The number of hydrogen-bond donors (Lipinski definition) is 2. The predicted octanol–water partition coefficient (Wildman–Crippen LogP) is 5.79. The highest BCUT2D eigenvalue weighted by molar-refractivity contribution is 6.08. The smallest absolute Gasteiger partial charge is 0.342 e. The SMILES string of the molecule is CCCCCc1cc(O)cc(O)c1Oc1cc(OC)cc(C(=O)CCCC)c1C(=O)OC. The number of ether oxygens (including phenoxy) is 3. The van der Waals surface area contributed by atoms with Gasteiger partial charge in [-0.25, -0.2) is 4.79 Å². The highest BCUT2D eigenvalue weighted by Gasteiger charge is 2.26. The molecular weight excluding hydrogens is 412 g/mol. The molecule has 7 heteroatoms. The summed E-state index contributed by atoms with van der Waals surface area (Å²) in [5.41, 5.74) is 0.709. The van der Waals surface area contributed by atoms with Crippen LogP contribution in [-0.4, -0.2) is 36.2 Å². The second-order valence-electron chi connectivity index (χ2n) is 7.58. The number of aromatic hydroxyl groups is 2. The maximum atomic E-state index is 12.9. The lowest BCUT2D eigenvalue weighted by molar-refractivity contribution is 0.0593. The molecule has 32 heavy (non-hydrogen) atoms. The number of phenols is 2. The lowest BCUT2D eigenvalue weighted by atomic mass is 9.98. The fraction of sp³-hybridized carbons (Fsp3) is 0.440. The summed E-state index contributed by atoms with van der Waals surface area (Å²) in [6, 6.07) is 5.67. The number of ketones is 1. The number of Topliss-reactive ketones (excluding diaryl/α,β-unsaturated/α-hetero) is 1. The van der Waals surface area contributed by atoms with Crippen LogP contribution in [0.5, 0.6) is 28.7 Å². The molecule has 0 aliphatic heterocycles. The number of carbonyl (C=O) groups excluding carboxylic acids is 2. The van der Waals surface area contributed by atoms with E-state index in [0.29, 0.717) is 24.2 Å². The Labute approximate surface area is 188 Å². The summed E-state index contributed by atoms with van der Waals surface area (Å²) in [7, 11) is 2.68. The Bertz CT molecular complexity index is 950.